The van der Waals surface area contributed by atoms with Gasteiger partial charge in [-0.2, -0.15) is 0 Å². The second kappa shape index (κ2) is 7.05. The summed E-state index contributed by atoms with van der Waals surface area (Å²) in [4.78, 5) is 4.80. The van der Waals surface area contributed by atoms with Gasteiger partial charge in [0, 0.05) is 19.7 Å². The summed E-state index contributed by atoms with van der Waals surface area (Å²) in [6.45, 7) is 4.98. The van der Waals surface area contributed by atoms with E-state index in [1.54, 1.807) is 0 Å². The van der Waals surface area contributed by atoms with E-state index in [-0.39, 0.29) is 0 Å². The Morgan fingerprint density at radius 1 is 1.10 bits per heavy atom. The number of thiocarbonyl (C=S) groups is 1. The summed E-state index contributed by atoms with van der Waals surface area (Å²) < 4.78 is 5.74. The molecule has 5 heteroatoms. The van der Waals surface area contributed by atoms with Crippen LogP contribution in [-0.2, 0) is 4.74 Å². The molecule has 0 bridgehead atoms. The summed E-state index contributed by atoms with van der Waals surface area (Å²) in [6.07, 6.45) is 9.85. The molecule has 2 aliphatic heterocycles. The quantitative estimate of drug-likeness (QED) is 0.803. The Kier molecular flexibility index (Phi) is 5.13. The molecule has 4 nitrogen and oxygen atoms in total. The molecule has 0 aromatic rings. The normalized spacial score (nSPS) is 29.7. The molecule has 1 atom stereocenters. The van der Waals surface area contributed by atoms with Crippen molar-refractivity contribution in [1.82, 2.24) is 15.1 Å². The van der Waals surface area contributed by atoms with Crippen molar-refractivity contribution in [1.29, 1.82) is 0 Å². The van der Waals surface area contributed by atoms with Crippen molar-refractivity contribution in [3.05, 3.63) is 0 Å². The van der Waals surface area contributed by atoms with Crippen molar-refractivity contribution >= 4 is 17.3 Å². The molecule has 1 aliphatic carbocycles. The Hall–Kier alpha value is -0.390. The van der Waals surface area contributed by atoms with Crippen molar-refractivity contribution in [3.63, 3.8) is 0 Å². The van der Waals surface area contributed by atoms with Gasteiger partial charge >= 0.3 is 0 Å². The smallest absolute Gasteiger partial charge is 0.171 e. The van der Waals surface area contributed by atoms with Crippen LogP contribution in [-0.4, -0.2) is 54.0 Å². The fraction of sp³-hybridized carbons (Fsp3) is 0.933. The highest BCUT2D eigenvalue weighted by molar-refractivity contribution is 7.80. The summed E-state index contributed by atoms with van der Waals surface area (Å²) >= 11 is 5.45. The fourth-order valence-electron chi connectivity index (χ4n) is 3.68. The molecule has 20 heavy (non-hydrogen) atoms. The highest BCUT2D eigenvalue weighted by atomic mass is 32.1. The molecule has 2 saturated heterocycles. The van der Waals surface area contributed by atoms with Crippen molar-refractivity contribution in [3.8, 4) is 0 Å². The predicted octanol–water partition coefficient (Wildman–Crippen LogP) is 2.15. The van der Waals surface area contributed by atoms with Crippen LogP contribution in [0.15, 0.2) is 0 Å². The molecule has 0 amide bonds. The Bertz CT molecular complexity index is 327. The highest BCUT2D eigenvalue weighted by Gasteiger charge is 2.27. The van der Waals surface area contributed by atoms with E-state index in [4.69, 9.17) is 17.0 Å². The lowest BCUT2D eigenvalue weighted by molar-refractivity contribution is 0.0592. The number of nitrogens with zero attached hydrogens (tertiary/aromatic N) is 2. The summed E-state index contributed by atoms with van der Waals surface area (Å²) in [5.74, 6) is 0.891. The Balaban J connectivity index is 1.48. The van der Waals surface area contributed by atoms with Crippen LogP contribution in [0.3, 0.4) is 0 Å². The molecular weight excluding hydrogens is 270 g/mol. The van der Waals surface area contributed by atoms with E-state index < -0.39 is 0 Å². The minimum Gasteiger partial charge on any atom is -0.376 e. The number of hydrogen-bond acceptors (Lipinski definition) is 3. The molecule has 1 saturated carbocycles. The van der Waals surface area contributed by atoms with Crippen LogP contribution in [0.1, 0.15) is 44.9 Å². The molecule has 0 aromatic heterocycles. The van der Waals surface area contributed by atoms with Gasteiger partial charge in [0.2, 0.25) is 0 Å². The van der Waals surface area contributed by atoms with E-state index >= 15 is 0 Å². The molecular formula is C15H27N3OS. The third-order valence-electron chi connectivity index (χ3n) is 4.80. The highest BCUT2D eigenvalue weighted by Crippen LogP contribution is 2.25. The van der Waals surface area contributed by atoms with Crippen molar-refractivity contribution < 1.29 is 4.74 Å². The van der Waals surface area contributed by atoms with E-state index in [1.807, 2.05) is 0 Å². The van der Waals surface area contributed by atoms with Crippen molar-refractivity contribution in [2.24, 2.45) is 5.92 Å². The van der Waals surface area contributed by atoms with E-state index in [0.717, 1.165) is 37.5 Å². The Morgan fingerprint density at radius 3 is 2.70 bits per heavy atom. The molecule has 1 unspecified atom stereocenters. The van der Waals surface area contributed by atoms with Crippen molar-refractivity contribution in [2.45, 2.75) is 51.0 Å². The van der Waals surface area contributed by atoms with Gasteiger partial charge in [0.1, 0.15) is 0 Å². The predicted molar refractivity (Wildman–Crippen MR) is 84.4 cm³/mol. The van der Waals surface area contributed by atoms with E-state index in [0.29, 0.717) is 6.10 Å². The zero-order valence-electron chi connectivity index (χ0n) is 12.4. The van der Waals surface area contributed by atoms with E-state index in [9.17, 15) is 0 Å². The first-order valence-electron chi connectivity index (χ1n) is 8.18. The lowest BCUT2D eigenvalue weighted by Gasteiger charge is -2.40. The van der Waals surface area contributed by atoms with Gasteiger partial charge in [-0.1, -0.05) is 19.3 Å². The molecule has 1 N–H and O–H groups in total. The zero-order chi connectivity index (χ0) is 13.8. The standard InChI is InChI=1S/C15H27N3OS/c20-15-16-11-17(9-13-5-2-1-3-6-13)12-18(15)10-14-7-4-8-19-14/h13-14H,1-12H2,(H,16,20). The van der Waals surface area contributed by atoms with Gasteiger partial charge in [0.05, 0.1) is 19.4 Å². The molecule has 0 spiro atoms. The van der Waals surface area contributed by atoms with Crippen LogP contribution in [0, 0.1) is 5.92 Å². The van der Waals surface area contributed by atoms with Gasteiger partial charge in [0.25, 0.3) is 0 Å². The molecule has 114 valence electrons. The fourth-order valence-corrected chi connectivity index (χ4v) is 3.88. The van der Waals surface area contributed by atoms with Crippen LogP contribution >= 0.6 is 12.2 Å². The molecule has 3 aliphatic rings. The van der Waals surface area contributed by atoms with Gasteiger partial charge < -0.3 is 15.0 Å². The van der Waals surface area contributed by atoms with Gasteiger partial charge in [-0.05, 0) is 43.8 Å². The van der Waals surface area contributed by atoms with Crippen LogP contribution in [0.4, 0.5) is 0 Å². The van der Waals surface area contributed by atoms with Gasteiger partial charge in [0.15, 0.2) is 5.11 Å². The maximum atomic E-state index is 5.74. The van der Waals surface area contributed by atoms with Crippen LogP contribution in [0.5, 0.6) is 0 Å². The molecule has 2 heterocycles. The van der Waals surface area contributed by atoms with E-state index in [1.165, 1.54) is 51.5 Å². The minimum absolute atomic E-state index is 0.379. The minimum atomic E-state index is 0.379. The van der Waals surface area contributed by atoms with Crippen LogP contribution in [0.25, 0.3) is 0 Å². The summed E-state index contributed by atoms with van der Waals surface area (Å²) in [5, 5.41) is 4.28. The summed E-state index contributed by atoms with van der Waals surface area (Å²) in [6, 6.07) is 0. The molecule has 0 radical (unpaired) electrons. The SMILES string of the molecule is S=C1NCN(CC2CCCCC2)CN1CC1CCCO1. The Morgan fingerprint density at radius 2 is 1.95 bits per heavy atom. The average molecular weight is 297 g/mol. The lowest BCUT2D eigenvalue weighted by Crippen LogP contribution is -2.58. The first kappa shape index (κ1) is 14.5. The number of rotatable bonds is 4. The summed E-state index contributed by atoms with van der Waals surface area (Å²) in [7, 11) is 0. The van der Waals surface area contributed by atoms with E-state index in [2.05, 4.69) is 15.1 Å². The zero-order valence-corrected chi connectivity index (χ0v) is 13.2. The summed E-state index contributed by atoms with van der Waals surface area (Å²) in [5.41, 5.74) is 0. The van der Waals surface area contributed by atoms with Crippen molar-refractivity contribution in [2.75, 3.05) is 33.0 Å². The van der Waals surface area contributed by atoms with Crippen LogP contribution < -0.4 is 5.32 Å². The second-order valence-electron chi connectivity index (χ2n) is 6.50. The van der Waals surface area contributed by atoms with Gasteiger partial charge in [-0.3, -0.25) is 4.90 Å². The number of nitrogens with one attached hydrogen (secondary N) is 1. The lowest BCUT2D eigenvalue weighted by atomic mass is 9.89. The molecule has 3 fully saturated rings. The van der Waals surface area contributed by atoms with Gasteiger partial charge in [-0.25, -0.2) is 0 Å². The first-order valence-corrected chi connectivity index (χ1v) is 8.59. The molecule has 3 rings (SSSR count). The largest absolute Gasteiger partial charge is 0.376 e. The number of ether oxygens (including phenoxy) is 1. The van der Waals surface area contributed by atoms with Crippen LogP contribution in [0.2, 0.25) is 0 Å². The maximum Gasteiger partial charge on any atom is 0.171 e. The second-order valence-corrected chi connectivity index (χ2v) is 6.88. The van der Waals surface area contributed by atoms with Gasteiger partial charge in [-0.15, -0.1) is 0 Å². The third-order valence-corrected chi connectivity index (χ3v) is 5.20. The third kappa shape index (κ3) is 3.83. The first-order chi connectivity index (χ1) is 9.81. The topological polar surface area (TPSA) is 27.7 Å². The average Bonchev–Trinajstić information content (AvgIpc) is 2.97. The maximum absolute atomic E-state index is 5.74. The monoisotopic (exact) mass is 297 g/mol. The Labute approximate surface area is 127 Å². The molecule has 0 aromatic carbocycles. The number of hydrogen-bond donors (Lipinski definition) is 1.